The Morgan fingerprint density at radius 1 is 1.36 bits per heavy atom. The standard InChI is InChI=1S/C17H23NO4/c1-3-13-4-6-14(7-5-13)12(2)10-16(19)18-8-9-22-15(11-18)17(20)21/h4-7,12,15H,3,8-11H2,1-2H3,(H,20,21)/t12-,15+/m0/s1. The molecule has 22 heavy (non-hydrogen) atoms. The van der Waals surface area contributed by atoms with Gasteiger partial charge in [-0.15, -0.1) is 0 Å². The van der Waals surface area contributed by atoms with Gasteiger partial charge in [0.2, 0.25) is 5.91 Å². The zero-order valence-electron chi connectivity index (χ0n) is 13.1. The number of aliphatic carboxylic acids is 1. The van der Waals surface area contributed by atoms with E-state index in [0.717, 1.165) is 12.0 Å². The van der Waals surface area contributed by atoms with E-state index in [0.29, 0.717) is 13.0 Å². The van der Waals surface area contributed by atoms with Gasteiger partial charge in [0.05, 0.1) is 13.2 Å². The predicted molar refractivity (Wildman–Crippen MR) is 82.8 cm³/mol. The molecule has 5 nitrogen and oxygen atoms in total. The molecule has 1 aromatic rings. The fourth-order valence-corrected chi connectivity index (χ4v) is 2.62. The number of carbonyl (C=O) groups is 2. The van der Waals surface area contributed by atoms with Gasteiger partial charge in [0.25, 0.3) is 0 Å². The molecule has 5 heteroatoms. The van der Waals surface area contributed by atoms with E-state index in [9.17, 15) is 9.59 Å². The Balaban J connectivity index is 1.93. The average Bonchev–Trinajstić information content (AvgIpc) is 2.54. The molecule has 0 unspecified atom stereocenters. The van der Waals surface area contributed by atoms with Crippen LogP contribution >= 0.6 is 0 Å². The fourth-order valence-electron chi connectivity index (χ4n) is 2.62. The molecule has 0 aromatic heterocycles. The topological polar surface area (TPSA) is 66.8 Å². The average molecular weight is 305 g/mol. The van der Waals surface area contributed by atoms with E-state index in [1.807, 2.05) is 6.92 Å². The number of carbonyl (C=O) groups excluding carboxylic acids is 1. The first kappa shape index (κ1) is 16.5. The Labute approximate surface area is 130 Å². The van der Waals surface area contributed by atoms with Crippen LogP contribution in [0.15, 0.2) is 24.3 Å². The number of hydrogen-bond donors (Lipinski definition) is 1. The first-order chi connectivity index (χ1) is 10.5. The highest BCUT2D eigenvalue weighted by Crippen LogP contribution is 2.21. The van der Waals surface area contributed by atoms with Crippen LogP contribution in [-0.4, -0.2) is 47.7 Å². The van der Waals surface area contributed by atoms with Crippen LogP contribution in [0, 0.1) is 0 Å². The van der Waals surface area contributed by atoms with Gasteiger partial charge in [0.15, 0.2) is 6.10 Å². The third-order valence-electron chi connectivity index (χ3n) is 4.13. The van der Waals surface area contributed by atoms with Crippen molar-refractivity contribution in [2.45, 2.75) is 38.7 Å². The number of nitrogens with zero attached hydrogens (tertiary/aromatic N) is 1. The molecule has 1 N–H and O–H groups in total. The second-order valence-electron chi connectivity index (χ2n) is 5.74. The molecule has 1 aliphatic heterocycles. The highest BCUT2D eigenvalue weighted by molar-refractivity contribution is 5.79. The molecule has 0 saturated carbocycles. The number of ether oxygens (including phenoxy) is 1. The van der Waals surface area contributed by atoms with Gasteiger partial charge in [0.1, 0.15) is 0 Å². The highest BCUT2D eigenvalue weighted by Gasteiger charge is 2.29. The maximum atomic E-state index is 12.4. The first-order valence-electron chi connectivity index (χ1n) is 7.72. The van der Waals surface area contributed by atoms with E-state index in [1.54, 1.807) is 4.90 Å². The van der Waals surface area contributed by atoms with Crippen LogP contribution in [0.3, 0.4) is 0 Å². The number of carboxylic acids is 1. The number of hydrogen-bond acceptors (Lipinski definition) is 3. The highest BCUT2D eigenvalue weighted by atomic mass is 16.5. The van der Waals surface area contributed by atoms with Gasteiger partial charge in [-0.1, -0.05) is 38.1 Å². The second kappa shape index (κ2) is 7.40. The minimum Gasteiger partial charge on any atom is -0.479 e. The van der Waals surface area contributed by atoms with Crippen molar-refractivity contribution in [2.75, 3.05) is 19.7 Å². The van der Waals surface area contributed by atoms with Gasteiger partial charge in [-0.05, 0) is 23.5 Å². The molecule has 1 aliphatic rings. The summed E-state index contributed by atoms with van der Waals surface area (Å²) in [6, 6.07) is 8.31. The van der Waals surface area contributed by atoms with E-state index >= 15 is 0 Å². The number of benzene rings is 1. The third kappa shape index (κ3) is 4.07. The molecule has 1 aromatic carbocycles. The van der Waals surface area contributed by atoms with Crippen molar-refractivity contribution in [3.8, 4) is 0 Å². The van der Waals surface area contributed by atoms with E-state index in [4.69, 9.17) is 9.84 Å². The number of carboxylic acid groups (broad SMARTS) is 1. The van der Waals surface area contributed by atoms with Gasteiger partial charge in [-0.3, -0.25) is 4.79 Å². The lowest BCUT2D eigenvalue weighted by atomic mass is 9.95. The molecule has 2 rings (SSSR count). The summed E-state index contributed by atoms with van der Waals surface area (Å²) in [5.74, 6) is -0.910. The number of morpholine rings is 1. The van der Waals surface area contributed by atoms with E-state index in [1.165, 1.54) is 5.56 Å². The smallest absolute Gasteiger partial charge is 0.334 e. The predicted octanol–water partition coefficient (Wildman–Crippen LogP) is 2.05. The largest absolute Gasteiger partial charge is 0.479 e. The molecule has 0 aliphatic carbocycles. The van der Waals surface area contributed by atoms with E-state index in [2.05, 4.69) is 31.2 Å². The zero-order valence-corrected chi connectivity index (χ0v) is 13.1. The molecule has 2 atom stereocenters. The maximum absolute atomic E-state index is 12.4. The van der Waals surface area contributed by atoms with Crippen LogP contribution in [0.2, 0.25) is 0 Å². The van der Waals surface area contributed by atoms with Crippen molar-refractivity contribution in [2.24, 2.45) is 0 Å². The lowest BCUT2D eigenvalue weighted by Crippen LogP contribution is -2.48. The zero-order chi connectivity index (χ0) is 16.1. The summed E-state index contributed by atoms with van der Waals surface area (Å²) in [4.78, 5) is 24.9. The summed E-state index contributed by atoms with van der Waals surface area (Å²) in [6.07, 6.45) is 0.479. The van der Waals surface area contributed by atoms with E-state index < -0.39 is 12.1 Å². The Morgan fingerprint density at radius 2 is 2.05 bits per heavy atom. The summed E-state index contributed by atoms with van der Waals surface area (Å²) in [5.41, 5.74) is 2.41. The van der Waals surface area contributed by atoms with Crippen LogP contribution in [0.5, 0.6) is 0 Å². The lowest BCUT2D eigenvalue weighted by molar-refractivity contribution is -0.159. The minimum atomic E-state index is -1.01. The molecule has 1 heterocycles. The number of rotatable bonds is 5. The monoisotopic (exact) mass is 305 g/mol. The van der Waals surface area contributed by atoms with Crippen LogP contribution in [0.1, 0.15) is 37.3 Å². The summed E-state index contributed by atoms with van der Waals surface area (Å²) in [5, 5.41) is 8.98. The summed E-state index contributed by atoms with van der Waals surface area (Å²) < 4.78 is 5.14. The van der Waals surface area contributed by atoms with Crippen molar-refractivity contribution < 1.29 is 19.4 Å². The molecular formula is C17H23NO4. The van der Waals surface area contributed by atoms with Gasteiger partial charge in [-0.2, -0.15) is 0 Å². The Kier molecular flexibility index (Phi) is 5.55. The Morgan fingerprint density at radius 3 is 2.64 bits per heavy atom. The molecule has 120 valence electrons. The first-order valence-corrected chi connectivity index (χ1v) is 7.72. The summed E-state index contributed by atoms with van der Waals surface area (Å²) in [6.45, 7) is 5.01. The molecule has 1 amide bonds. The van der Waals surface area contributed by atoms with Gasteiger partial charge in [0, 0.05) is 13.0 Å². The second-order valence-corrected chi connectivity index (χ2v) is 5.74. The normalized spacial score (nSPS) is 19.7. The fraction of sp³-hybridized carbons (Fsp3) is 0.529. The molecule has 1 fully saturated rings. The quantitative estimate of drug-likeness (QED) is 0.904. The maximum Gasteiger partial charge on any atom is 0.334 e. The van der Waals surface area contributed by atoms with Crippen molar-refractivity contribution >= 4 is 11.9 Å². The van der Waals surface area contributed by atoms with Crippen molar-refractivity contribution in [3.05, 3.63) is 35.4 Å². The number of amides is 1. The molecule has 0 radical (unpaired) electrons. The SMILES string of the molecule is CCc1ccc([C@@H](C)CC(=O)N2CCO[C@@H](C(=O)O)C2)cc1. The minimum absolute atomic E-state index is 0.0124. The molecule has 0 bridgehead atoms. The van der Waals surface area contributed by atoms with Gasteiger partial charge < -0.3 is 14.7 Å². The van der Waals surface area contributed by atoms with Crippen molar-refractivity contribution in [1.82, 2.24) is 4.90 Å². The van der Waals surface area contributed by atoms with Gasteiger partial charge >= 0.3 is 5.97 Å². The van der Waals surface area contributed by atoms with Crippen LogP contribution in [0.4, 0.5) is 0 Å². The molecular weight excluding hydrogens is 282 g/mol. The summed E-state index contributed by atoms with van der Waals surface area (Å²) >= 11 is 0. The van der Waals surface area contributed by atoms with Crippen molar-refractivity contribution in [1.29, 1.82) is 0 Å². The lowest BCUT2D eigenvalue weighted by Gasteiger charge is -2.31. The third-order valence-corrected chi connectivity index (χ3v) is 4.13. The Bertz CT molecular complexity index is 526. The molecule has 1 saturated heterocycles. The van der Waals surface area contributed by atoms with Crippen LogP contribution in [0.25, 0.3) is 0 Å². The summed E-state index contributed by atoms with van der Waals surface area (Å²) in [7, 11) is 0. The van der Waals surface area contributed by atoms with Crippen molar-refractivity contribution in [3.63, 3.8) is 0 Å². The van der Waals surface area contributed by atoms with Crippen LogP contribution < -0.4 is 0 Å². The Hall–Kier alpha value is -1.88. The van der Waals surface area contributed by atoms with Crippen LogP contribution in [-0.2, 0) is 20.7 Å². The molecule has 0 spiro atoms. The van der Waals surface area contributed by atoms with E-state index in [-0.39, 0.29) is 25.0 Å². The number of aryl methyl sites for hydroxylation is 1. The van der Waals surface area contributed by atoms with Gasteiger partial charge in [-0.25, -0.2) is 4.79 Å².